The van der Waals surface area contributed by atoms with Gasteiger partial charge in [-0.1, -0.05) is 23.3 Å². The lowest BCUT2D eigenvalue weighted by molar-refractivity contribution is -0.128. The van der Waals surface area contributed by atoms with E-state index in [1.54, 1.807) is 12.1 Å². The van der Waals surface area contributed by atoms with Gasteiger partial charge < -0.3 is 9.84 Å². The topological polar surface area (TPSA) is 122 Å². The molecule has 0 radical (unpaired) electrons. The van der Waals surface area contributed by atoms with Gasteiger partial charge in [0.2, 0.25) is 23.6 Å². The summed E-state index contributed by atoms with van der Waals surface area (Å²) in [6, 6.07) is 3.17. The summed E-state index contributed by atoms with van der Waals surface area (Å²) in [6.07, 6.45) is 2.64. The highest BCUT2D eigenvalue weighted by atomic mass is 35.5. The largest absolute Gasteiger partial charge is 0.503 e. The van der Waals surface area contributed by atoms with Crippen molar-refractivity contribution in [3.05, 3.63) is 34.4 Å². The summed E-state index contributed by atoms with van der Waals surface area (Å²) in [6.45, 7) is 0. The Bertz CT molecular complexity index is 1050. The Hall–Kier alpha value is -2.87. The number of nitrogens with one attached hydrogen (secondary N) is 2. The highest BCUT2D eigenvalue weighted by molar-refractivity contribution is 6.32. The van der Waals surface area contributed by atoms with Crippen molar-refractivity contribution in [1.29, 1.82) is 0 Å². The van der Waals surface area contributed by atoms with Crippen LogP contribution in [-0.2, 0) is 19.2 Å². The van der Waals surface area contributed by atoms with Crippen LogP contribution < -0.4 is 15.4 Å². The van der Waals surface area contributed by atoms with Crippen molar-refractivity contribution >= 4 is 35.2 Å². The van der Waals surface area contributed by atoms with Crippen LogP contribution in [0, 0.1) is 29.6 Å². The second kappa shape index (κ2) is 6.57. The molecule has 2 saturated heterocycles. The Morgan fingerprint density at radius 2 is 1.63 bits per heavy atom. The number of aromatic hydroxyl groups is 1. The van der Waals surface area contributed by atoms with Crippen LogP contribution in [-0.4, -0.2) is 35.8 Å². The molecule has 3 N–H and O–H groups in total. The van der Waals surface area contributed by atoms with Gasteiger partial charge >= 0.3 is 0 Å². The first-order chi connectivity index (χ1) is 14.3. The molecule has 8 nitrogen and oxygen atoms in total. The van der Waals surface area contributed by atoms with Crippen LogP contribution in [0.1, 0.15) is 24.3 Å². The fraction of sp³-hybridized carbons (Fsp3) is 0.429. The molecule has 2 heterocycles. The number of ether oxygens (including phenoxy) is 1. The molecule has 9 heteroatoms. The van der Waals surface area contributed by atoms with Crippen LogP contribution in [0.4, 0.5) is 0 Å². The first-order valence-electron chi connectivity index (χ1n) is 9.77. The van der Waals surface area contributed by atoms with E-state index in [0.717, 1.165) is 5.57 Å². The van der Waals surface area contributed by atoms with Gasteiger partial charge in [0.05, 0.1) is 35.8 Å². The fourth-order valence-corrected chi connectivity index (χ4v) is 5.93. The maximum absolute atomic E-state index is 12.7. The summed E-state index contributed by atoms with van der Waals surface area (Å²) in [7, 11) is 1.40. The Morgan fingerprint density at radius 1 is 0.967 bits per heavy atom. The van der Waals surface area contributed by atoms with E-state index in [0.29, 0.717) is 18.4 Å². The average Bonchev–Trinajstić information content (AvgIpc) is 3.17. The molecular formula is C21H19ClN2O6. The highest BCUT2D eigenvalue weighted by Crippen LogP contribution is 2.56. The maximum Gasteiger partial charge on any atom is 0.231 e. The van der Waals surface area contributed by atoms with Crippen LogP contribution in [0.25, 0.3) is 0 Å². The average molecular weight is 431 g/mol. The van der Waals surface area contributed by atoms with Crippen LogP contribution in [0.3, 0.4) is 0 Å². The van der Waals surface area contributed by atoms with E-state index in [1.807, 2.05) is 6.08 Å². The zero-order valence-corrected chi connectivity index (χ0v) is 16.7. The molecule has 3 fully saturated rings. The van der Waals surface area contributed by atoms with E-state index >= 15 is 0 Å². The molecule has 5 rings (SSSR count). The third kappa shape index (κ3) is 2.52. The molecular weight excluding hydrogens is 412 g/mol. The van der Waals surface area contributed by atoms with Crippen LogP contribution in [0.15, 0.2) is 23.8 Å². The number of allylic oxidation sites excluding steroid dienone is 2. The van der Waals surface area contributed by atoms with Crippen molar-refractivity contribution in [2.45, 2.75) is 18.8 Å². The molecule has 0 spiro atoms. The van der Waals surface area contributed by atoms with Gasteiger partial charge in [-0.3, -0.25) is 29.8 Å². The van der Waals surface area contributed by atoms with E-state index in [4.69, 9.17) is 16.3 Å². The van der Waals surface area contributed by atoms with Gasteiger partial charge in [0, 0.05) is 5.92 Å². The van der Waals surface area contributed by atoms with E-state index in [9.17, 15) is 24.3 Å². The number of amides is 4. The molecule has 0 aromatic heterocycles. The van der Waals surface area contributed by atoms with Gasteiger partial charge in [0.15, 0.2) is 11.5 Å². The molecule has 6 unspecified atom stereocenters. The predicted octanol–water partition coefficient (Wildman–Crippen LogP) is 1.27. The molecule has 6 atom stereocenters. The lowest BCUT2D eigenvalue weighted by atomic mass is 9.57. The number of carbonyl (C=O) groups excluding carboxylic acids is 4. The number of methoxy groups -OCH3 is 1. The lowest BCUT2D eigenvalue weighted by Crippen LogP contribution is -2.42. The van der Waals surface area contributed by atoms with Gasteiger partial charge in [0.25, 0.3) is 0 Å². The van der Waals surface area contributed by atoms with Crippen molar-refractivity contribution in [2.75, 3.05) is 7.11 Å². The molecule has 0 bridgehead atoms. The smallest absolute Gasteiger partial charge is 0.231 e. The van der Waals surface area contributed by atoms with Crippen molar-refractivity contribution in [3.8, 4) is 11.5 Å². The molecule has 1 saturated carbocycles. The summed E-state index contributed by atoms with van der Waals surface area (Å²) in [5, 5.41) is 15.0. The number of fused-ring (bicyclic) bond motifs is 4. The Kier molecular flexibility index (Phi) is 4.18. The number of imide groups is 2. The van der Waals surface area contributed by atoms with Crippen molar-refractivity contribution < 1.29 is 29.0 Å². The lowest BCUT2D eigenvalue weighted by Gasteiger charge is -2.44. The summed E-state index contributed by atoms with van der Waals surface area (Å²) in [5.74, 6) is -4.53. The Labute approximate surface area is 176 Å². The van der Waals surface area contributed by atoms with Gasteiger partial charge in [-0.05, 0) is 36.5 Å². The van der Waals surface area contributed by atoms with Crippen molar-refractivity contribution in [1.82, 2.24) is 10.6 Å². The van der Waals surface area contributed by atoms with Gasteiger partial charge in [-0.2, -0.15) is 0 Å². The number of halogens is 1. The molecule has 156 valence electrons. The molecule has 2 aliphatic carbocycles. The quantitative estimate of drug-likeness (QED) is 0.479. The minimum atomic E-state index is -0.651. The molecule has 4 amide bonds. The second-order valence-electron chi connectivity index (χ2n) is 8.28. The summed E-state index contributed by atoms with van der Waals surface area (Å²) >= 11 is 6.21. The molecule has 2 aliphatic heterocycles. The van der Waals surface area contributed by atoms with Crippen molar-refractivity contribution in [3.63, 3.8) is 0 Å². The van der Waals surface area contributed by atoms with Crippen molar-refractivity contribution in [2.24, 2.45) is 29.6 Å². The summed E-state index contributed by atoms with van der Waals surface area (Å²) < 4.78 is 5.22. The molecule has 30 heavy (non-hydrogen) atoms. The fourth-order valence-electron chi connectivity index (χ4n) is 5.71. The SMILES string of the molecule is COc1cc(C2C3=CCC4C(=O)NC(=O)C4C3CC3C(=O)NC(=O)C32)cc(Cl)c1O. The van der Waals surface area contributed by atoms with E-state index in [-0.39, 0.29) is 46.1 Å². The first-order valence-corrected chi connectivity index (χ1v) is 10.1. The standard InChI is InChI=1S/C21H19ClN2O6/c1-30-13-5-7(4-12(22)17(13)25)14-8-2-3-9-15(20(28)23-18(9)26)10(8)6-11-16(14)21(29)24-19(11)27/h2,4-5,9-11,14-16,25H,3,6H2,1H3,(H,23,26,28)(H,24,27,29). The number of benzene rings is 1. The monoisotopic (exact) mass is 430 g/mol. The van der Waals surface area contributed by atoms with Crippen LogP contribution in [0.2, 0.25) is 5.02 Å². The third-order valence-electron chi connectivity index (χ3n) is 6.96. The minimum absolute atomic E-state index is 0.0656. The van der Waals surface area contributed by atoms with E-state index in [2.05, 4.69) is 10.6 Å². The highest BCUT2D eigenvalue weighted by Gasteiger charge is 2.58. The van der Waals surface area contributed by atoms with Crippen LogP contribution in [0.5, 0.6) is 11.5 Å². The number of carbonyl (C=O) groups is 4. The zero-order valence-electron chi connectivity index (χ0n) is 16.0. The van der Waals surface area contributed by atoms with Crippen LogP contribution >= 0.6 is 11.6 Å². The number of phenols is 1. The Balaban J connectivity index is 1.68. The van der Waals surface area contributed by atoms with Gasteiger partial charge in [0.1, 0.15) is 0 Å². The van der Waals surface area contributed by atoms with E-state index in [1.165, 1.54) is 7.11 Å². The maximum atomic E-state index is 12.7. The van der Waals surface area contributed by atoms with E-state index < -0.39 is 29.6 Å². The minimum Gasteiger partial charge on any atom is -0.503 e. The second-order valence-corrected chi connectivity index (χ2v) is 8.69. The molecule has 1 aromatic carbocycles. The van der Waals surface area contributed by atoms with Gasteiger partial charge in [-0.15, -0.1) is 0 Å². The first kappa shape index (κ1) is 19.1. The Morgan fingerprint density at radius 3 is 2.33 bits per heavy atom. The number of hydrogen-bond acceptors (Lipinski definition) is 6. The predicted molar refractivity (Wildman–Crippen MR) is 103 cm³/mol. The summed E-state index contributed by atoms with van der Waals surface area (Å²) in [5.41, 5.74) is 1.48. The summed E-state index contributed by atoms with van der Waals surface area (Å²) in [4.78, 5) is 50.0. The number of rotatable bonds is 2. The normalized spacial score (nSPS) is 34.5. The molecule has 4 aliphatic rings. The number of hydrogen-bond donors (Lipinski definition) is 3. The zero-order chi connectivity index (χ0) is 21.3. The number of phenolic OH excluding ortho intramolecular Hbond substituents is 1. The van der Waals surface area contributed by atoms with Gasteiger partial charge in [-0.25, -0.2) is 0 Å². The molecule has 1 aromatic rings. The third-order valence-corrected chi connectivity index (χ3v) is 7.25.